The molecular weight excluding hydrogens is 581 g/mol. The molecule has 43 heavy (non-hydrogen) atoms. The van der Waals surface area contributed by atoms with Crippen LogP contribution in [-0.4, -0.2) is 85.6 Å². The van der Waals surface area contributed by atoms with Crippen LogP contribution in [0.4, 0.5) is 4.39 Å². The number of halogens is 1. The molecule has 4 rings (SSSR count). The Morgan fingerprint density at radius 1 is 1.14 bits per heavy atom. The first-order valence-corrected chi connectivity index (χ1v) is 14.3. The van der Waals surface area contributed by atoms with Crippen LogP contribution in [0.15, 0.2) is 40.2 Å². The largest absolute Gasteiger partial charge is 0.496 e. The number of aryl methyl sites for hydroxylation is 3. The number of likely N-dealkylation sites (N-methyl/N-ethyl adjacent to an activating group) is 1. The summed E-state index contributed by atoms with van der Waals surface area (Å²) in [5.41, 5.74) is 4.51. The molecule has 1 aromatic carbocycles. The van der Waals surface area contributed by atoms with E-state index in [1.165, 1.54) is 70.4 Å². The Labute approximate surface area is 252 Å². The second-order valence-corrected chi connectivity index (χ2v) is 10.5. The van der Waals surface area contributed by atoms with Crippen molar-refractivity contribution in [1.82, 2.24) is 29.0 Å². The number of rotatable bonds is 9. The van der Waals surface area contributed by atoms with Gasteiger partial charge in [0.05, 0.1) is 38.1 Å². The van der Waals surface area contributed by atoms with E-state index in [0.717, 1.165) is 4.57 Å². The Hall–Kier alpha value is -3.92. The fourth-order valence-corrected chi connectivity index (χ4v) is 5.47. The number of aliphatic hydroxyl groups is 2. The SMILES string of the molecule is CN.COc1ccc(F)cc1CCn1c(=O)n([C@@H](C)C(=O)N(C)C(C)C)c(=O)c2c(C)c(-n3nccn3)sc21.OCCO. The fraction of sp³-hybridized carbons (Fsp3) is 0.464. The third kappa shape index (κ3) is 7.73. The Balaban J connectivity index is 0.000000993. The Bertz CT molecular complexity index is 1610. The molecule has 4 N–H and O–H groups in total. The highest BCUT2D eigenvalue weighted by Crippen LogP contribution is 2.31. The number of methoxy groups -OCH3 is 1. The molecule has 0 spiro atoms. The number of nitrogens with two attached hydrogens (primary N) is 1. The van der Waals surface area contributed by atoms with Gasteiger partial charge in [-0.3, -0.25) is 14.2 Å². The molecule has 1 atom stereocenters. The van der Waals surface area contributed by atoms with Crippen molar-refractivity contribution in [3.05, 3.63) is 68.4 Å². The second kappa shape index (κ2) is 16.1. The molecule has 4 aromatic rings. The van der Waals surface area contributed by atoms with Crippen LogP contribution in [0.25, 0.3) is 15.2 Å². The van der Waals surface area contributed by atoms with Crippen molar-refractivity contribution >= 4 is 27.5 Å². The first kappa shape index (κ1) is 35.3. The lowest BCUT2D eigenvalue weighted by atomic mass is 10.1. The first-order chi connectivity index (χ1) is 20.5. The van der Waals surface area contributed by atoms with E-state index in [0.29, 0.717) is 32.1 Å². The zero-order valence-corrected chi connectivity index (χ0v) is 26.3. The smallest absolute Gasteiger partial charge is 0.332 e. The van der Waals surface area contributed by atoms with Gasteiger partial charge in [-0.1, -0.05) is 11.3 Å². The average molecular weight is 622 g/mol. The molecule has 3 aromatic heterocycles. The zero-order chi connectivity index (χ0) is 32.4. The molecule has 3 heterocycles. The Morgan fingerprint density at radius 3 is 2.28 bits per heavy atom. The van der Waals surface area contributed by atoms with Crippen molar-refractivity contribution in [3.8, 4) is 10.8 Å². The number of hydrogen-bond acceptors (Lipinski definition) is 10. The van der Waals surface area contributed by atoms with Gasteiger partial charge in [0.25, 0.3) is 5.56 Å². The van der Waals surface area contributed by atoms with Crippen LogP contribution in [0.2, 0.25) is 0 Å². The van der Waals surface area contributed by atoms with E-state index >= 15 is 0 Å². The van der Waals surface area contributed by atoms with Crippen molar-refractivity contribution in [2.45, 2.75) is 52.7 Å². The maximum Gasteiger partial charge on any atom is 0.332 e. The third-order valence-corrected chi connectivity index (χ3v) is 7.91. The Kier molecular flexibility index (Phi) is 13.2. The summed E-state index contributed by atoms with van der Waals surface area (Å²) < 4.78 is 21.8. The second-order valence-electron chi connectivity index (χ2n) is 9.51. The van der Waals surface area contributed by atoms with Crippen LogP contribution in [0.3, 0.4) is 0 Å². The van der Waals surface area contributed by atoms with Gasteiger partial charge in [0, 0.05) is 25.2 Å². The van der Waals surface area contributed by atoms with Gasteiger partial charge >= 0.3 is 5.69 Å². The van der Waals surface area contributed by atoms with Gasteiger partial charge in [0.15, 0.2) is 0 Å². The summed E-state index contributed by atoms with van der Waals surface area (Å²) >= 11 is 1.21. The third-order valence-electron chi connectivity index (χ3n) is 6.63. The van der Waals surface area contributed by atoms with Crippen molar-refractivity contribution in [3.63, 3.8) is 0 Å². The van der Waals surface area contributed by atoms with Crippen LogP contribution >= 0.6 is 11.3 Å². The minimum atomic E-state index is -1.03. The lowest BCUT2D eigenvalue weighted by Crippen LogP contribution is -2.47. The van der Waals surface area contributed by atoms with E-state index in [2.05, 4.69) is 15.9 Å². The monoisotopic (exact) mass is 621 g/mol. The highest BCUT2D eigenvalue weighted by molar-refractivity contribution is 7.21. The van der Waals surface area contributed by atoms with Gasteiger partial charge in [0.1, 0.15) is 27.4 Å². The molecule has 0 unspecified atom stereocenters. The van der Waals surface area contributed by atoms with Gasteiger partial charge in [-0.2, -0.15) is 10.2 Å². The number of aromatic nitrogens is 5. The molecule has 1 amide bonds. The highest BCUT2D eigenvalue weighted by Gasteiger charge is 2.28. The van der Waals surface area contributed by atoms with Crippen molar-refractivity contribution in [2.75, 3.05) is 34.4 Å². The molecule has 15 heteroatoms. The number of carbonyl (C=O) groups excluding carboxylic acids is 1. The minimum Gasteiger partial charge on any atom is -0.496 e. The zero-order valence-electron chi connectivity index (χ0n) is 25.4. The standard InChI is InChI=1S/C25H29FN6O4S.C2H6O2.CH5N/c1-14(2)29(5)21(33)16(4)31-22(34)20-15(3)23(32-27-10-11-28-32)37-24(20)30(25(31)35)12-9-17-13-18(26)7-8-19(17)36-6;3-1-2-4;1-2/h7-8,10-11,13-14,16H,9,12H2,1-6H3;3-4H,1-2H2;2H2,1H3/t16-;;/m0../s1. The van der Waals surface area contributed by atoms with Crippen molar-refractivity contribution in [1.29, 1.82) is 0 Å². The van der Waals surface area contributed by atoms with Crippen molar-refractivity contribution < 1.29 is 24.1 Å². The summed E-state index contributed by atoms with van der Waals surface area (Å²) in [7, 11) is 4.63. The van der Waals surface area contributed by atoms with E-state index in [1.54, 1.807) is 20.9 Å². The van der Waals surface area contributed by atoms with Gasteiger partial charge in [0.2, 0.25) is 5.91 Å². The highest BCUT2D eigenvalue weighted by atomic mass is 32.1. The predicted octanol–water partition coefficient (Wildman–Crippen LogP) is 1.48. The normalized spacial score (nSPS) is 11.4. The fourth-order valence-electron chi connectivity index (χ4n) is 4.24. The summed E-state index contributed by atoms with van der Waals surface area (Å²) in [5.74, 6) is -0.285. The number of fused-ring (bicyclic) bond motifs is 1. The number of amides is 1. The molecule has 0 bridgehead atoms. The van der Waals surface area contributed by atoms with Crippen molar-refractivity contribution in [2.24, 2.45) is 5.73 Å². The van der Waals surface area contributed by atoms with Crippen LogP contribution in [0, 0.1) is 12.7 Å². The first-order valence-electron chi connectivity index (χ1n) is 13.5. The predicted molar refractivity (Wildman–Crippen MR) is 164 cm³/mol. The van der Waals surface area contributed by atoms with Gasteiger partial charge < -0.3 is 25.6 Å². The number of aliphatic hydroxyl groups excluding tert-OH is 2. The van der Waals surface area contributed by atoms with E-state index in [-0.39, 0.29) is 38.1 Å². The average Bonchev–Trinajstić information content (AvgIpc) is 3.65. The summed E-state index contributed by atoms with van der Waals surface area (Å²) in [6, 6.07) is 3.05. The topological polar surface area (TPSA) is 171 Å². The number of benzene rings is 1. The van der Waals surface area contributed by atoms with E-state index in [4.69, 9.17) is 14.9 Å². The van der Waals surface area contributed by atoms with Crippen LogP contribution < -0.4 is 21.7 Å². The summed E-state index contributed by atoms with van der Waals surface area (Å²) in [6.07, 6.45) is 3.30. The van der Waals surface area contributed by atoms with Gasteiger partial charge in [-0.25, -0.2) is 13.8 Å². The van der Waals surface area contributed by atoms with Gasteiger partial charge in [-0.05, 0) is 64.9 Å². The molecule has 0 aliphatic carbocycles. The molecule has 0 aliphatic rings. The molecule has 0 radical (unpaired) electrons. The molecule has 236 valence electrons. The molecule has 0 fully saturated rings. The number of carbonyl (C=O) groups is 1. The molecule has 0 aliphatic heterocycles. The summed E-state index contributed by atoms with van der Waals surface area (Å²) in [6.45, 7) is 6.90. The Morgan fingerprint density at radius 2 is 1.74 bits per heavy atom. The summed E-state index contributed by atoms with van der Waals surface area (Å²) in [5, 5.41) is 24.5. The molecule has 13 nitrogen and oxygen atoms in total. The van der Waals surface area contributed by atoms with Crippen LogP contribution in [0.5, 0.6) is 5.75 Å². The molecule has 0 saturated heterocycles. The minimum absolute atomic E-state index is 0.113. The number of nitrogens with zero attached hydrogens (tertiary/aromatic N) is 6. The number of thiophene rings is 1. The lowest BCUT2D eigenvalue weighted by Gasteiger charge is -2.26. The van der Waals surface area contributed by atoms with Gasteiger partial charge in [-0.15, -0.1) is 4.80 Å². The summed E-state index contributed by atoms with van der Waals surface area (Å²) in [4.78, 5) is 44.0. The number of hydrogen-bond donors (Lipinski definition) is 3. The van der Waals surface area contributed by atoms with Crippen LogP contribution in [-0.2, 0) is 17.8 Å². The number of ether oxygens (including phenoxy) is 1. The van der Waals surface area contributed by atoms with E-state index < -0.39 is 23.1 Å². The maximum absolute atomic E-state index is 14.0. The van der Waals surface area contributed by atoms with E-state index in [1.807, 2.05) is 13.8 Å². The van der Waals surface area contributed by atoms with E-state index in [9.17, 15) is 18.8 Å². The van der Waals surface area contributed by atoms with Crippen LogP contribution in [0.1, 0.15) is 37.9 Å². The molecular formula is C28H40FN7O6S. The maximum atomic E-state index is 14.0. The molecule has 0 saturated carbocycles. The lowest BCUT2D eigenvalue weighted by molar-refractivity contribution is -0.134. The quantitative estimate of drug-likeness (QED) is 0.250.